The number of hydrogen-bond acceptors (Lipinski definition) is 6. The van der Waals surface area contributed by atoms with Gasteiger partial charge in [0, 0.05) is 11.1 Å². The Kier molecular flexibility index (Phi) is 6.04. The first-order chi connectivity index (χ1) is 14.2. The molecule has 0 radical (unpaired) electrons. The molecule has 30 heavy (non-hydrogen) atoms. The molecular weight excluding hydrogens is 446 g/mol. The maximum atomic E-state index is 12.3. The Morgan fingerprint density at radius 3 is 2.60 bits per heavy atom. The topological polar surface area (TPSA) is 114 Å². The number of aromatic nitrogens is 2. The second kappa shape index (κ2) is 8.51. The molecule has 3 rings (SSSR count). The van der Waals surface area contributed by atoms with Crippen molar-refractivity contribution in [2.45, 2.75) is 26.2 Å². The number of aromatic hydroxyl groups is 1. The monoisotopic (exact) mass is 465 g/mol. The average Bonchev–Trinajstić information content (AvgIpc) is 2.70. The van der Waals surface area contributed by atoms with E-state index in [1.807, 2.05) is 24.3 Å². The standard InChI is InChI=1S/C22H20BrN5O2/c1-22(2,3)15-9-14(19(29)17(23)10-15)12-25-28-21-26-18(13-7-5-4-6-8-13)16(11-24)20(30)27-21/h4-10,12,29H,1-3H3,(H2,26,27,28,30). The van der Waals surface area contributed by atoms with Gasteiger partial charge in [-0.05, 0) is 39.0 Å². The third-order valence-electron chi connectivity index (χ3n) is 4.41. The molecule has 0 aliphatic carbocycles. The molecule has 0 unspecified atom stereocenters. The van der Waals surface area contributed by atoms with Crippen LogP contribution in [-0.4, -0.2) is 21.3 Å². The van der Waals surface area contributed by atoms with Gasteiger partial charge < -0.3 is 5.11 Å². The van der Waals surface area contributed by atoms with Gasteiger partial charge in [-0.3, -0.25) is 9.78 Å². The van der Waals surface area contributed by atoms with Gasteiger partial charge in [0.1, 0.15) is 17.4 Å². The van der Waals surface area contributed by atoms with Gasteiger partial charge >= 0.3 is 0 Å². The van der Waals surface area contributed by atoms with Crippen molar-refractivity contribution in [3.63, 3.8) is 0 Å². The third kappa shape index (κ3) is 4.58. The van der Waals surface area contributed by atoms with Crippen LogP contribution < -0.4 is 11.0 Å². The average molecular weight is 466 g/mol. The van der Waals surface area contributed by atoms with E-state index in [2.05, 4.69) is 57.2 Å². The number of rotatable bonds is 4. The highest BCUT2D eigenvalue weighted by atomic mass is 79.9. The van der Waals surface area contributed by atoms with Gasteiger partial charge in [0.2, 0.25) is 5.95 Å². The Labute approximate surface area is 182 Å². The first kappa shape index (κ1) is 21.3. The molecule has 0 fully saturated rings. The summed E-state index contributed by atoms with van der Waals surface area (Å²) < 4.78 is 0.563. The summed E-state index contributed by atoms with van der Waals surface area (Å²) in [7, 11) is 0. The quantitative estimate of drug-likeness (QED) is 0.387. The van der Waals surface area contributed by atoms with Gasteiger partial charge in [-0.2, -0.15) is 10.4 Å². The lowest BCUT2D eigenvalue weighted by Crippen LogP contribution is -2.16. The number of hydrazone groups is 1. The predicted octanol–water partition coefficient (Wildman–Crippen LogP) is 4.52. The van der Waals surface area contributed by atoms with E-state index in [0.717, 1.165) is 5.56 Å². The smallest absolute Gasteiger partial charge is 0.270 e. The molecule has 3 N–H and O–H groups in total. The van der Waals surface area contributed by atoms with Gasteiger partial charge in [0.05, 0.1) is 16.4 Å². The second-order valence-corrected chi connectivity index (χ2v) is 8.49. The highest BCUT2D eigenvalue weighted by Crippen LogP contribution is 2.33. The van der Waals surface area contributed by atoms with Crippen LogP contribution in [0.25, 0.3) is 11.3 Å². The number of phenolic OH excluding ortho intramolecular Hbond substituents is 1. The number of H-pyrrole nitrogens is 1. The number of halogens is 1. The van der Waals surface area contributed by atoms with Crippen molar-refractivity contribution < 1.29 is 5.11 Å². The van der Waals surface area contributed by atoms with Crippen LogP contribution in [0.15, 0.2) is 56.8 Å². The normalized spacial score (nSPS) is 11.4. The van der Waals surface area contributed by atoms with Gasteiger partial charge in [0.25, 0.3) is 5.56 Å². The Morgan fingerprint density at radius 1 is 1.27 bits per heavy atom. The van der Waals surface area contributed by atoms with Crippen molar-refractivity contribution in [3.05, 3.63) is 74.0 Å². The van der Waals surface area contributed by atoms with E-state index in [9.17, 15) is 15.2 Å². The fraction of sp³-hybridized carbons (Fsp3) is 0.182. The van der Waals surface area contributed by atoms with E-state index in [1.54, 1.807) is 24.3 Å². The van der Waals surface area contributed by atoms with Crippen LogP contribution in [0.1, 0.15) is 37.5 Å². The minimum Gasteiger partial charge on any atom is -0.506 e. The second-order valence-electron chi connectivity index (χ2n) is 7.63. The molecule has 0 aliphatic rings. The first-order valence-electron chi connectivity index (χ1n) is 9.12. The molecule has 8 heteroatoms. The van der Waals surface area contributed by atoms with E-state index in [-0.39, 0.29) is 28.4 Å². The Morgan fingerprint density at radius 2 is 1.97 bits per heavy atom. The molecule has 0 amide bonds. The Balaban J connectivity index is 1.95. The van der Waals surface area contributed by atoms with Crippen LogP contribution in [0.3, 0.4) is 0 Å². The molecule has 7 nitrogen and oxygen atoms in total. The minimum atomic E-state index is -0.565. The Hall–Kier alpha value is -3.44. The van der Waals surface area contributed by atoms with E-state index >= 15 is 0 Å². The van der Waals surface area contributed by atoms with Crippen molar-refractivity contribution in [2.75, 3.05) is 5.43 Å². The number of phenols is 1. The molecule has 0 aliphatic heterocycles. The van der Waals surface area contributed by atoms with Crippen LogP contribution >= 0.6 is 15.9 Å². The fourth-order valence-corrected chi connectivity index (χ4v) is 3.23. The van der Waals surface area contributed by atoms with Crippen molar-refractivity contribution in [2.24, 2.45) is 5.10 Å². The summed E-state index contributed by atoms with van der Waals surface area (Å²) >= 11 is 3.36. The van der Waals surface area contributed by atoms with E-state index in [4.69, 9.17) is 0 Å². The van der Waals surface area contributed by atoms with Gasteiger partial charge in [-0.25, -0.2) is 10.4 Å². The van der Waals surface area contributed by atoms with Crippen molar-refractivity contribution in [1.82, 2.24) is 9.97 Å². The third-order valence-corrected chi connectivity index (χ3v) is 5.02. The summed E-state index contributed by atoms with van der Waals surface area (Å²) in [5.41, 5.74) is 4.34. The number of nitrogens with zero attached hydrogens (tertiary/aromatic N) is 3. The van der Waals surface area contributed by atoms with Gasteiger partial charge in [-0.15, -0.1) is 0 Å². The number of anilines is 1. The zero-order valence-electron chi connectivity index (χ0n) is 16.7. The minimum absolute atomic E-state index is 0.0554. The summed E-state index contributed by atoms with van der Waals surface area (Å²) in [6.45, 7) is 6.21. The number of benzene rings is 2. The molecule has 0 saturated carbocycles. The number of nitrogens with one attached hydrogen (secondary N) is 2. The highest BCUT2D eigenvalue weighted by molar-refractivity contribution is 9.10. The summed E-state index contributed by atoms with van der Waals surface area (Å²) in [6, 6.07) is 14.6. The molecule has 3 aromatic rings. The van der Waals surface area contributed by atoms with Crippen LogP contribution in [0.4, 0.5) is 5.95 Å². The van der Waals surface area contributed by atoms with Gasteiger partial charge in [-0.1, -0.05) is 51.1 Å². The van der Waals surface area contributed by atoms with Crippen LogP contribution in [0.5, 0.6) is 5.75 Å². The Bertz CT molecular complexity index is 1210. The van der Waals surface area contributed by atoms with Crippen molar-refractivity contribution in [1.29, 1.82) is 5.26 Å². The molecule has 1 heterocycles. The van der Waals surface area contributed by atoms with Crippen LogP contribution in [0, 0.1) is 11.3 Å². The van der Waals surface area contributed by atoms with E-state index in [0.29, 0.717) is 15.6 Å². The molecule has 0 spiro atoms. The SMILES string of the molecule is CC(C)(C)c1cc(Br)c(O)c(C=NNc2nc(-c3ccccc3)c(C#N)c(=O)[nH]2)c1. The zero-order chi connectivity index (χ0) is 21.9. The molecule has 2 aromatic carbocycles. The summed E-state index contributed by atoms with van der Waals surface area (Å²) in [4.78, 5) is 19.1. The fourth-order valence-electron chi connectivity index (χ4n) is 2.75. The maximum absolute atomic E-state index is 12.3. The lowest BCUT2D eigenvalue weighted by Gasteiger charge is -2.20. The van der Waals surface area contributed by atoms with Crippen LogP contribution in [-0.2, 0) is 5.41 Å². The van der Waals surface area contributed by atoms with Crippen molar-refractivity contribution in [3.8, 4) is 23.1 Å². The molecular formula is C22H20BrN5O2. The molecule has 0 bridgehead atoms. The zero-order valence-corrected chi connectivity index (χ0v) is 18.3. The maximum Gasteiger partial charge on any atom is 0.270 e. The summed E-state index contributed by atoms with van der Waals surface area (Å²) in [5.74, 6) is 0.138. The largest absolute Gasteiger partial charge is 0.506 e. The molecule has 0 atom stereocenters. The van der Waals surface area contributed by atoms with Gasteiger partial charge in [0.15, 0.2) is 0 Å². The molecule has 152 valence electrons. The molecule has 0 saturated heterocycles. The lowest BCUT2D eigenvalue weighted by atomic mass is 9.86. The lowest BCUT2D eigenvalue weighted by molar-refractivity contribution is 0.469. The summed E-state index contributed by atoms with van der Waals surface area (Å²) in [6.07, 6.45) is 1.44. The van der Waals surface area contributed by atoms with E-state index in [1.165, 1.54) is 6.21 Å². The number of hydrogen-bond donors (Lipinski definition) is 3. The predicted molar refractivity (Wildman–Crippen MR) is 121 cm³/mol. The first-order valence-corrected chi connectivity index (χ1v) is 9.92. The van der Waals surface area contributed by atoms with E-state index < -0.39 is 5.56 Å². The number of aromatic amines is 1. The molecule has 1 aromatic heterocycles. The van der Waals surface area contributed by atoms with Crippen molar-refractivity contribution >= 4 is 28.1 Å². The summed E-state index contributed by atoms with van der Waals surface area (Å²) in [5, 5.41) is 23.7. The number of nitriles is 1. The van der Waals surface area contributed by atoms with Crippen LogP contribution in [0.2, 0.25) is 0 Å². The highest BCUT2D eigenvalue weighted by Gasteiger charge is 2.17.